The minimum absolute atomic E-state index is 0.0637. The van der Waals surface area contributed by atoms with Crippen molar-refractivity contribution in [1.82, 2.24) is 15.3 Å². The Morgan fingerprint density at radius 1 is 1.24 bits per heavy atom. The molecule has 0 bridgehead atoms. The molecule has 5 heteroatoms. The van der Waals surface area contributed by atoms with Gasteiger partial charge in [0.15, 0.2) is 0 Å². The van der Waals surface area contributed by atoms with Gasteiger partial charge in [-0.15, -0.1) is 0 Å². The number of nitrogens with one attached hydrogen (secondary N) is 1. The van der Waals surface area contributed by atoms with E-state index in [-0.39, 0.29) is 11.1 Å². The van der Waals surface area contributed by atoms with Crippen molar-refractivity contribution in [2.75, 3.05) is 24.6 Å². The number of hydrogen-bond acceptors (Lipinski definition) is 5. The molecule has 5 nitrogen and oxygen atoms in total. The van der Waals surface area contributed by atoms with Crippen molar-refractivity contribution >= 4 is 5.95 Å². The van der Waals surface area contributed by atoms with Crippen molar-refractivity contribution in [2.24, 2.45) is 0 Å². The molecule has 0 aromatic carbocycles. The van der Waals surface area contributed by atoms with E-state index in [4.69, 9.17) is 4.74 Å². The van der Waals surface area contributed by atoms with Gasteiger partial charge in [-0.25, -0.2) is 9.97 Å². The molecule has 1 spiro atoms. The van der Waals surface area contributed by atoms with E-state index < -0.39 is 0 Å². The third kappa shape index (κ3) is 3.52. The molecule has 3 rings (SSSR count). The highest BCUT2D eigenvalue weighted by molar-refractivity contribution is 5.29. The van der Waals surface area contributed by atoms with Crippen molar-refractivity contribution in [3.05, 3.63) is 18.5 Å². The Bertz CT molecular complexity index is 463. The van der Waals surface area contributed by atoms with E-state index in [0.29, 0.717) is 6.04 Å². The Kier molecular flexibility index (Phi) is 3.88. The number of piperidine rings is 1. The summed E-state index contributed by atoms with van der Waals surface area (Å²) in [5.41, 5.74) is 0.215. The summed E-state index contributed by atoms with van der Waals surface area (Å²) in [6, 6.07) is 2.34. The first-order valence-corrected chi connectivity index (χ1v) is 7.89. The van der Waals surface area contributed by atoms with Crippen LogP contribution in [0.4, 0.5) is 5.95 Å². The fourth-order valence-electron chi connectivity index (χ4n) is 3.47. The molecule has 1 aromatic heterocycles. The molecule has 2 saturated heterocycles. The van der Waals surface area contributed by atoms with Gasteiger partial charge in [-0.05, 0) is 46.1 Å². The molecule has 2 aliphatic heterocycles. The predicted molar refractivity (Wildman–Crippen MR) is 83.5 cm³/mol. The second kappa shape index (κ2) is 5.54. The standard InChI is InChI=1S/C16H26N4O/c1-15(2,3)19-13-11-16(21-12-13)5-9-20(10-6-16)14-17-7-4-8-18-14/h4,7-8,13,19H,5-6,9-12H2,1-3H3/t13-/m1/s1. The Hall–Kier alpha value is -1.20. The fourth-order valence-corrected chi connectivity index (χ4v) is 3.47. The Balaban J connectivity index is 1.56. The van der Waals surface area contributed by atoms with Crippen molar-refractivity contribution < 1.29 is 4.74 Å². The number of anilines is 1. The van der Waals surface area contributed by atoms with E-state index in [1.54, 1.807) is 0 Å². The van der Waals surface area contributed by atoms with Crippen LogP contribution in [-0.2, 0) is 4.74 Å². The molecule has 0 aliphatic carbocycles. The van der Waals surface area contributed by atoms with Gasteiger partial charge in [0.1, 0.15) is 0 Å². The average Bonchev–Trinajstić information content (AvgIpc) is 2.81. The zero-order valence-corrected chi connectivity index (χ0v) is 13.3. The van der Waals surface area contributed by atoms with E-state index in [1.165, 1.54) is 0 Å². The normalized spacial score (nSPS) is 25.5. The fraction of sp³-hybridized carbons (Fsp3) is 0.750. The summed E-state index contributed by atoms with van der Waals surface area (Å²) >= 11 is 0. The van der Waals surface area contributed by atoms with Gasteiger partial charge in [0.05, 0.1) is 12.2 Å². The van der Waals surface area contributed by atoms with Crippen molar-refractivity contribution in [3.63, 3.8) is 0 Å². The lowest BCUT2D eigenvalue weighted by Crippen LogP contribution is -2.47. The Labute approximate surface area is 127 Å². The van der Waals surface area contributed by atoms with Crippen LogP contribution in [0.3, 0.4) is 0 Å². The SMILES string of the molecule is CC(C)(C)N[C@H]1COC2(CCN(c3ncccn3)CC2)C1. The lowest BCUT2D eigenvalue weighted by atomic mass is 9.87. The largest absolute Gasteiger partial charge is 0.373 e. The molecule has 1 N–H and O–H groups in total. The number of nitrogens with zero attached hydrogens (tertiary/aromatic N) is 3. The molecular weight excluding hydrogens is 264 g/mol. The van der Waals surface area contributed by atoms with Crippen LogP contribution in [0.25, 0.3) is 0 Å². The van der Waals surface area contributed by atoms with E-state index >= 15 is 0 Å². The van der Waals surface area contributed by atoms with Gasteiger partial charge in [-0.1, -0.05) is 0 Å². The third-order valence-electron chi connectivity index (χ3n) is 4.36. The molecule has 2 fully saturated rings. The maximum atomic E-state index is 6.19. The monoisotopic (exact) mass is 290 g/mol. The highest BCUT2D eigenvalue weighted by Crippen LogP contribution is 2.37. The van der Waals surface area contributed by atoms with Crippen LogP contribution in [-0.4, -0.2) is 46.8 Å². The Morgan fingerprint density at radius 2 is 1.90 bits per heavy atom. The van der Waals surface area contributed by atoms with Gasteiger partial charge in [0.25, 0.3) is 0 Å². The van der Waals surface area contributed by atoms with Gasteiger partial charge in [0, 0.05) is 37.1 Å². The first-order valence-electron chi connectivity index (χ1n) is 7.89. The summed E-state index contributed by atoms with van der Waals surface area (Å²) in [6.07, 6.45) is 6.86. The maximum Gasteiger partial charge on any atom is 0.225 e. The predicted octanol–water partition coefficient (Wildman–Crippen LogP) is 1.99. The van der Waals surface area contributed by atoms with Crippen molar-refractivity contribution in [2.45, 2.75) is 57.2 Å². The second-order valence-corrected chi connectivity index (χ2v) is 7.33. The summed E-state index contributed by atoms with van der Waals surface area (Å²) < 4.78 is 6.19. The maximum absolute atomic E-state index is 6.19. The molecule has 1 atom stereocenters. The summed E-state index contributed by atoms with van der Waals surface area (Å²) in [6.45, 7) is 9.44. The van der Waals surface area contributed by atoms with Gasteiger partial charge < -0.3 is 15.0 Å². The molecule has 0 unspecified atom stereocenters. The highest BCUT2D eigenvalue weighted by atomic mass is 16.5. The van der Waals surface area contributed by atoms with E-state index in [1.807, 2.05) is 18.5 Å². The van der Waals surface area contributed by atoms with Crippen molar-refractivity contribution in [1.29, 1.82) is 0 Å². The van der Waals surface area contributed by atoms with Crippen LogP contribution in [0.5, 0.6) is 0 Å². The zero-order chi connectivity index (χ0) is 14.9. The summed E-state index contributed by atoms with van der Waals surface area (Å²) in [5.74, 6) is 0.842. The number of ether oxygens (including phenoxy) is 1. The molecular formula is C16H26N4O. The molecule has 116 valence electrons. The summed E-state index contributed by atoms with van der Waals surface area (Å²) in [4.78, 5) is 10.9. The molecule has 0 amide bonds. The molecule has 1 aromatic rings. The number of aromatic nitrogens is 2. The molecule has 0 radical (unpaired) electrons. The second-order valence-electron chi connectivity index (χ2n) is 7.33. The van der Waals surface area contributed by atoms with Crippen LogP contribution in [0.1, 0.15) is 40.0 Å². The van der Waals surface area contributed by atoms with Crippen molar-refractivity contribution in [3.8, 4) is 0 Å². The molecule has 2 aliphatic rings. The summed E-state index contributed by atoms with van der Waals surface area (Å²) in [7, 11) is 0. The van der Waals surface area contributed by atoms with Crippen LogP contribution in [0, 0.1) is 0 Å². The van der Waals surface area contributed by atoms with Crippen LogP contribution in [0.2, 0.25) is 0 Å². The molecule has 0 saturated carbocycles. The lowest BCUT2D eigenvalue weighted by Gasteiger charge is -2.38. The smallest absolute Gasteiger partial charge is 0.225 e. The minimum Gasteiger partial charge on any atom is -0.373 e. The molecule has 21 heavy (non-hydrogen) atoms. The number of rotatable bonds is 2. The first-order chi connectivity index (χ1) is 9.96. The van der Waals surface area contributed by atoms with Gasteiger partial charge in [-0.3, -0.25) is 0 Å². The van der Waals surface area contributed by atoms with Gasteiger partial charge in [-0.2, -0.15) is 0 Å². The van der Waals surface area contributed by atoms with E-state index in [0.717, 1.165) is 44.9 Å². The number of hydrogen-bond donors (Lipinski definition) is 1. The van der Waals surface area contributed by atoms with Crippen LogP contribution >= 0.6 is 0 Å². The summed E-state index contributed by atoms with van der Waals surface area (Å²) in [5, 5.41) is 3.67. The van der Waals surface area contributed by atoms with Crippen LogP contribution < -0.4 is 10.2 Å². The zero-order valence-electron chi connectivity index (χ0n) is 13.3. The first kappa shape index (κ1) is 14.7. The average molecular weight is 290 g/mol. The third-order valence-corrected chi connectivity index (χ3v) is 4.36. The minimum atomic E-state index is 0.0637. The molecule has 3 heterocycles. The highest BCUT2D eigenvalue weighted by Gasteiger charge is 2.43. The Morgan fingerprint density at radius 3 is 2.52 bits per heavy atom. The van der Waals surface area contributed by atoms with E-state index in [9.17, 15) is 0 Å². The van der Waals surface area contributed by atoms with Gasteiger partial charge >= 0.3 is 0 Å². The van der Waals surface area contributed by atoms with Crippen LogP contribution in [0.15, 0.2) is 18.5 Å². The topological polar surface area (TPSA) is 50.3 Å². The van der Waals surface area contributed by atoms with Gasteiger partial charge in [0.2, 0.25) is 5.95 Å². The lowest BCUT2D eigenvalue weighted by molar-refractivity contribution is -0.0152. The quantitative estimate of drug-likeness (QED) is 0.903. The van der Waals surface area contributed by atoms with E-state index in [2.05, 4.69) is 41.0 Å².